The monoisotopic (exact) mass is 467 g/mol. The molecule has 0 fully saturated rings. The number of thiophene rings is 1. The molecule has 0 bridgehead atoms. The van der Waals surface area contributed by atoms with Crippen LogP contribution in [0.2, 0.25) is 0 Å². The highest BCUT2D eigenvalue weighted by Crippen LogP contribution is 2.37. The molecular formula is C26H29NO5S. The Labute approximate surface area is 198 Å². The van der Waals surface area contributed by atoms with Gasteiger partial charge in [-0.2, -0.15) is 0 Å². The summed E-state index contributed by atoms with van der Waals surface area (Å²) in [6.45, 7) is 6.67. The molecule has 3 aromatic rings. The maximum absolute atomic E-state index is 12.6. The topological polar surface area (TPSA) is 73.9 Å². The van der Waals surface area contributed by atoms with Crippen LogP contribution in [-0.4, -0.2) is 32.2 Å². The van der Waals surface area contributed by atoms with Gasteiger partial charge in [-0.3, -0.25) is 4.79 Å². The lowest BCUT2D eigenvalue weighted by atomic mass is 10.0. The van der Waals surface area contributed by atoms with E-state index < -0.39 is 5.97 Å². The summed E-state index contributed by atoms with van der Waals surface area (Å²) in [5.74, 6) is 0.846. The van der Waals surface area contributed by atoms with Crippen molar-refractivity contribution in [2.24, 2.45) is 0 Å². The zero-order valence-corrected chi connectivity index (χ0v) is 20.2. The summed E-state index contributed by atoms with van der Waals surface area (Å²) >= 11 is 1.27. The maximum atomic E-state index is 12.6. The van der Waals surface area contributed by atoms with Gasteiger partial charge in [0.05, 0.1) is 13.7 Å². The fourth-order valence-electron chi connectivity index (χ4n) is 3.31. The number of benzene rings is 2. The van der Waals surface area contributed by atoms with Crippen LogP contribution in [0.25, 0.3) is 11.1 Å². The summed E-state index contributed by atoms with van der Waals surface area (Å²) in [6.07, 6.45) is 0.925. The second-order valence-electron chi connectivity index (χ2n) is 7.75. The number of esters is 1. The Balaban J connectivity index is 1.76. The van der Waals surface area contributed by atoms with Gasteiger partial charge in [0.2, 0.25) is 0 Å². The number of carbonyl (C=O) groups is 2. The van der Waals surface area contributed by atoms with Gasteiger partial charge in [0.25, 0.3) is 5.91 Å². The van der Waals surface area contributed by atoms with Crippen molar-refractivity contribution in [3.63, 3.8) is 0 Å². The molecule has 0 spiro atoms. The van der Waals surface area contributed by atoms with Crippen LogP contribution in [0.5, 0.6) is 11.5 Å². The molecule has 0 radical (unpaired) electrons. The predicted molar refractivity (Wildman–Crippen MR) is 132 cm³/mol. The Kier molecular flexibility index (Phi) is 8.49. The molecule has 33 heavy (non-hydrogen) atoms. The highest BCUT2D eigenvalue weighted by molar-refractivity contribution is 7.15. The van der Waals surface area contributed by atoms with E-state index in [4.69, 9.17) is 14.2 Å². The van der Waals surface area contributed by atoms with Crippen molar-refractivity contribution in [1.29, 1.82) is 0 Å². The van der Waals surface area contributed by atoms with Crippen LogP contribution in [0.15, 0.2) is 53.9 Å². The second-order valence-corrected chi connectivity index (χ2v) is 8.63. The summed E-state index contributed by atoms with van der Waals surface area (Å²) in [7, 11) is 1.32. The Morgan fingerprint density at radius 3 is 2.42 bits per heavy atom. The Hall–Kier alpha value is -3.32. The number of rotatable bonds is 10. The van der Waals surface area contributed by atoms with Gasteiger partial charge in [-0.15, -0.1) is 11.3 Å². The number of para-hydroxylation sites is 1. The molecule has 0 saturated carbocycles. The van der Waals surface area contributed by atoms with Crippen molar-refractivity contribution in [2.75, 3.05) is 25.6 Å². The first-order valence-electron chi connectivity index (χ1n) is 10.9. The van der Waals surface area contributed by atoms with Crippen molar-refractivity contribution in [1.82, 2.24) is 0 Å². The average Bonchev–Trinajstić information content (AvgIpc) is 3.24. The number of anilines is 1. The van der Waals surface area contributed by atoms with Crippen LogP contribution in [0.3, 0.4) is 0 Å². The van der Waals surface area contributed by atoms with Crippen LogP contribution in [0, 0.1) is 0 Å². The molecule has 1 amide bonds. The van der Waals surface area contributed by atoms with Crippen molar-refractivity contribution in [3.8, 4) is 22.6 Å². The predicted octanol–water partition coefficient (Wildman–Crippen LogP) is 6.13. The zero-order valence-electron chi connectivity index (χ0n) is 19.3. The smallest absolute Gasteiger partial charge is 0.341 e. The van der Waals surface area contributed by atoms with E-state index in [1.165, 1.54) is 18.4 Å². The molecule has 0 aliphatic carbocycles. The van der Waals surface area contributed by atoms with E-state index in [0.29, 0.717) is 28.5 Å². The molecule has 2 aromatic carbocycles. The number of methoxy groups -OCH3 is 1. The maximum Gasteiger partial charge on any atom is 0.341 e. The van der Waals surface area contributed by atoms with Gasteiger partial charge in [0.1, 0.15) is 22.1 Å². The standard InChI is InChI=1S/C26H29NO5S/c1-5-14-31-19-12-10-18(11-13-19)21-16-33-25(24(21)26(29)30-4)27-23(28)15-32-22-9-7-6-8-20(22)17(2)3/h6-13,16-17H,5,14-15H2,1-4H3,(H,27,28). The molecule has 0 saturated heterocycles. The number of hydrogen-bond acceptors (Lipinski definition) is 6. The van der Waals surface area contributed by atoms with E-state index in [1.807, 2.05) is 60.8 Å². The van der Waals surface area contributed by atoms with Crippen molar-refractivity contribution >= 4 is 28.2 Å². The highest BCUT2D eigenvalue weighted by atomic mass is 32.1. The van der Waals surface area contributed by atoms with Crippen LogP contribution in [0.1, 0.15) is 49.0 Å². The lowest BCUT2D eigenvalue weighted by Gasteiger charge is -2.14. The molecule has 0 atom stereocenters. The molecule has 1 heterocycles. The molecular weight excluding hydrogens is 438 g/mol. The minimum atomic E-state index is -0.515. The number of nitrogens with one attached hydrogen (secondary N) is 1. The van der Waals surface area contributed by atoms with E-state index >= 15 is 0 Å². The van der Waals surface area contributed by atoms with Crippen LogP contribution >= 0.6 is 11.3 Å². The van der Waals surface area contributed by atoms with Crippen molar-refractivity contribution in [3.05, 3.63) is 65.0 Å². The summed E-state index contributed by atoms with van der Waals surface area (Å²) in [6, 6.07) is 15.1. The normalized spacial score (nSPS) is 10.7. The van der Waals surface area contributed by atoms with Crippen molar-refractivity contribution < 1.29 is 23.8 Å². The van der Waals surface area contributed by atoms with Crippen LogP contribution < -0.4 is 14.8 Å². The lowest BCUT2D eigenvalue weighted by molar-refractivity contribution is -0.118. The summed E-state index contributed by atoms with van der Waals surface area (Å²) in [5.41, 5.74) is 2.87. The number of amides is 1. The van der Waals surface area contributed by atoms with Crippen LogP contribution in [0.4, 0.5) is 5.00 Å². The van der Waals surface area contributed by atoms with E-state index in [1.54, 1.807) is 0 Å². The molecule has 0 unspecified atom stereocenters. The first-order chi connectivity index (χ1) is 15.9. The van der Waals surface area contributed by atoms with Gasteiger partial charge in [-0.05, 0) is 41.7 Å². The third-order valence-corrected chi connectivity index (χ3v) is 5.87. The largest absolute Gasteiger partial charge is 0.494 e. The minimum Gasteiger partial charge on any atom is -0.494 e. The zero-order chi connectivity index (χ0) is 23.8. The summed E-state index contributed by atoms with van der Waals surface area (Å²) in [4.78, 5) is 25.2. The van der Waals surface area contributed by atoms with Crippen molar-refractivity contribution in [2.45, 2.75) is 33.1 Å². The van der Waals surface area contributed by atoms with E-state index in [2.05, 4.69) is 19.2 Å². The van der Waals surface area contributed by atoms with Gasteiger partial charge in [0.15, 0.2) is 6.61 Å². The highest BCUT2D eigenvalue weighted by Gasteiger charge is 2.22. The third kappa shape index (κ3) is 6.14. The Morgan fingerprint density at radius 1 is 1.03 bits per heavy atom. The number of hydrogen-bond donors (Lipinski definition) is 1. The Morgan fingerprint density at radius 2 is 1.76 bits per heavy atom. The van der Waals surface area contributed by atoms with Gasteiger partial charge in [0, 0.05) is 10.9 Å². The van der Waals surface area contributed by atoms with Gasteiger partial charge in [-0.1, -0.05) is 51.1 Å². The molecule has 0 aliphatic heterocycles. The molecule has 6 nitrogen and oxygen atoms in total. The quantitative estimate of drug-likeness (QED) is 0.363. The SMILES string of the molecule is CCCOc1ccc(-c2csc(NC(=O)COc3ccccc3C(C)C)c2C(=O)OC)cc1. The molecule has 1 N–H and O–H groups in total. The fourth-order valence-corrected chi connectivity index (χ4v) is 4.29. The molecule has 1 aromatic heterocycles. The van der Waals surface area contributed by atoms with E-state index in [-0.39, 0.29) is 18.4 Å². The molecule has 0 aliphatic rings. The third-order valence-electron chi connectivity index (χ3n) is 4.97. The molecule has 3 rings (SSSR count). The van der Waals surface area contributed by atoms with Gasteiger partial charge < -0.3 is 19.5 Å². The molecule has 174 valence electrons. The summed E-state index contributed by atoms with van der Waals surface area (Å²) < 4.78 is 16.4. The summed E-state index contributed by atoms with van der Waals surface area (Å²) in [5, 5.41) is 5.06. The number of carbonyl (C=O) groups excluding carboxylic acids is 2. The van der Waals surface area contributed by atoms with Gasteiger partial charge >= 0.3 is 5.97 Å². The average molecular weight is 468 g/mol. The van der Waals surface area contributed by atoms with E-state index in [9.17, 15) is 9.59 Å². The first-order valence-corrected chi connectivity index (χ1v) is 11.8. The van der Waals surface area contributed by atoms with Gasteiger partial charge in [-0.25, -0.2) is 4.79 Å². The number of ether oxygens (including phenoxy) is 3. The fraction of sp³-hybridized carbons (Fsp3) is 0.308. The molecule has 7 heteroatoms. The van der Waals surface area contributed by atoms with E-state index in [0.717, 1.165) is 23.3 Å². The Bertz CT molecular complexity index is 1090. The van der Waals surface area contributed by atoms with Crippen LogP contribution in [-0.2, 0) is 9.53 Å². The lowest BCUT2D eigenvalue weighted by Crippen LogP contribution is -2.21. The minimum absolute atomic E-state index is 0.166. The second kappa shape index (κ2) is 11.5. The first kappa shape index (κ1) is 24.3.